The topological polar surface area (TPSA) is 97.2 Å². The molecule has 9 heteroatoms. The van der Waals surface area contributed by atoms with E-state index in [1.54, 1.807) is 11.6 Å². The second-order valence-corrected chi connectivity index (χ2v) is 8.83. The molecule has 0 atom stereocenters. The molecular formula is C25H31N7O2. The van der Waals surface area contributed by atoms with Crippen LogP contribution >= 0.6 is 0 Å². The number of anilines is 1. The normalized spacial score (nSPS) is 16.4. The molecule has 0 spiro atoms. The molecule has 178 valence electrons. The highest BCUT2D eigenvalue weighted by molar-refractivity contribution is 5.70. The summed E-state index contributed by atoms with van der Waals surface area (Å²) in [5, 5.41) is 11.6. The first-order valence-electron chi connectivity index (χ1n) is 12.0. The van der Waals surface area contributed by atoms with Gasteiger partial charge in [0, 0.05) is 68.5 Å². The van der Waals surface area contributed by atoms with Crippen LogP contribution in [-0.2, 0) is 35.5 Å². The largest absolute Gasteiger partial charge is 0.465 e. The van der Waals surface area contributed by atoms with E-state index in [4.69, 9.17) is 9.84 Å². The number of esters is 1. The lowest BCUT2D eigenvalue weighted by Gasteiger charge is -2.26. The van der Waals surface area contributed by atoms with Gasteiger partial charge < -0.3 is 15.4 Å². The average molecular weight is 462 g/mol. The van der Waals surface area contributed by atoms with Crippen molar-refractivity contribution in [1.82, 2.24) is 30.0 Å². The van der Waals surface area contributed by atoms with Gasteiger partial charge >= 0.3 is 5.97 Å². The van der Waals surface area contributed by atoms with E-state index in [1.807, 2.05) is 18.6 Å². The fourth-order valence-electron chi connectivity index (χ4n) is 4.71. The van der Waals surface area contributed by atoms with Gasteiger partial charge in [-0.05, 0) is 30.9 Å². The summed E-state index contributed by atoms with van der Waals surface area (Å²) in [7, 11) is 0. The van der Waals surface area contributed by atoms with E-state index in [0.717, 1.165) is 55.8 Å². The number of piperazine rings is 1. The molecule has 3 aromatic rings. The van der Waals surface area contributed by atoms with Crippen molar-refractivity contribution >= 4 is 11.9 Å². The monoisotopic (exact) mass is 461 g/mol. The van der Waals surface area contributed by atoms with Crippen LogP contribution in [0, 0.1) is 0 Å². The van der Waals surface area contributed by atoms with Crippen LogP contribution in [0.15, 0.2) is 42.9 Å². The summed E-state index contributed by atoms with van der Waals surface area (Å²) in [6, 6.07) is 8.86. The minimum Gasteiger partial charge on any atom is -0.465 e. The Morgan fingerprint density at radius 3 is 2.53 bits per heavy atom. The van der Waals surface area contributed by atoms with Crippen molar-refractivity contribution in [1.29, 1.82) is 0 Å². The van der Waals surface area contributed by atoms with Crippen molar-refractivity contribution in [2.45, 2.75) is 38.9 Å². The average Bonchev–Trinajstić information content (AvgIpc) is 3.43. The van der Waals surface area contributed by atoms with Crippen molar-refractivity contribution < 1.29 is 9.53 Å². The van der Waals surface area contributed by atoms with Crippen molar-refractivity contribution in [2.75, 3.05) is 38.1 Å². The Bertz CT molecular complexity index is 1100. The molecular weight excluding hydrogens is 430 g/mol. The number of carbonyl (C=O) groups is 1. The Morgan fingerprint density at radius 1 is 1.15 bits per heavy atom. The summed E-state index contributed by atoms with van der Waals surface area (Å²) in [5.41, 5.74) is 5.54. The number of rotatable bonds is 8. The molecule has 2 aliphatic rings. The van der Waals surface area contributed by atoms with Gasteiger partial charge in [0.25, 0.3) is 0 Å². The Hall–Kier alpha value is -3.30. The quantitative estimate of drug-likeness (QED) is 0.491. The summed E-state index contributed by atoms with van der Waals surface area (Å²) >= 11 is 0. The number of aromatic nitrogens is 4. The zero-order valence-corrected chi connectivity index (χ0v) is 19.5. The van der Waals surface area contributed by atoms with Crippen LogP contribution in [0.25, 0.3) is 11.1 Å². The van der Waals surface area contributed by atoms with Crippen LogP contribution in [0.2, 0.25) is 0 Å². The number of nitrogens with one attached hydrogen (secondary N) is 2. The maximum atomic E-state index is 12.0. The van der Waals surface area contributed by atoms with Gasteiger partial charge in [0.05, 0.1) is 12.3 Å². The lowest BCUT2D eigenvalue weighted by Crippen LogP contribution is -2.43. The van der Waals surface area contributed by atoms with E-state index >= 15 is 0 Å². The van der Waals surface area contributed by atoms with Gasteiger partial charge in [-0.1, -0.05) is 24.3 Å². The minimum atomic E-state index is -0.293. The molecule has 1 aliphatic heterocycles. The molecule has 5 rings (SSSR count). The highest BCUT2D eigenvalue weighted by Gasteiger charge is 2.22. The number of benzene rings is 1. The molecule has 1 saturated heterocycles. The van der Waals surface area contributed by atoms with Crippen molar-refractivity contribution in [3.63, 3.8) is 0 Å². The fraction of sp³-hybridized carbons (Fsp3) is 0.440. The van der Waals surface area contributed by atoms with Crippen LogP contribution in [-0.4, -0.2) is 69.4 Å². The van der Waals surface area contributed by atoms with E-state index in [0.29, 0.717) is 25.1 Å². The van der Waals surface area contributed by atoms with Gasteiger partial charge in [-0.15, -0.1) is 0 Å². The molecule has 0 radical (unpaired) electrons. The first kappa shape index (κ1) is 22.5. The molecule has 9 nitrogen and oxygen atoms in total. The minimum absolute atomic E-state index is 0.0884. The molecule has 2 aromatic heterocycles. The van der Waals surface area contributed by atoms with Crippen LogP contribution in [0.1, 0.15) is 23.7 Å². The summed E-state index contributed by atoms with van der Waals surface area (Å²) in [6.45, 7) is 6.83. The Morgan fingerprint density at radius 2 is 1.85 bits per heavy atom. The van der Waals surface area contributed by atoms with Crippen LogP contribution in [0.3, 0.4) is 0 Å². The van der Waals surface area contributed by atoms with Crippen LogP contribution in [0.5, 0.6) is 0 Å². The first-order valence-corrected chi connectivity index (χ1v) is 12.0. The van der Waals surface area contributed by atoms with Crippen molar-refractivity contribution in [3.05, 3.63) is 59.7 Å². The number of hydrogen-bond acceptors (Lipinski definition) is 8. The van der Waals surface area contributed by atoms with Crippen LogP contribution in [0.4, 0.5) is 5.95 Å². The molecule has 34 heavy (non-hydrogen) atoms. The lowest BCUT2D eigenvalue weighted by molar-refractivity contribution is -0.144. The zero-order valence-electron chi connectivity index (χ0n) is 19.5. The Labute approximate surface area is 199 Å². The van der Waals surface area contributed by atoms with E-state index in [1.165, 1.54) is 11.1 Å². The standard InChI is InChI=1S/C25H31N7O2/c1-2-34-24(33)17-32-15-22(23(30-32)16-31-9-7-26-8-10-31)20-13-27-25(28-14-20)29-21-11-18-5-3-4-6-19(18)12-21/h3-6,13-15,21,26H,2,7-12,16-17H2,1H3,(H,27,28,29). The molecule has 0 bridgehead atoms. The van der Waals surface area contributed by atoms with E-state index in [-0.39, 0.29) is 12.5 Å². The maximum absolute atomic E-state index is 12.0. The van der Waals surface area contributed by atoms with Gasteiger partial charge in [0.1, 0.15) is 6.54 Å². The Balaban J connectivity index is 1.31. The first-order chi connectivity index (χ1) is 16.7. The molecule has 0 amide bonds. The van der Waals surface area contributed by atoms with Gasteiger partial charge in [0.2, 0.25) is 5.95 Å². The number of ether oxygens (including phenoxy) is 1. The van der Waals surface area contributed by atoms with Gasteiger partial charge in [-0.2, -0.15) is 5.10 Å². The number of hydrogen-bond donors (Lipinski definition) is 2. The number of carbonyl (C=O) groups excluding carboxylic acids is 1. The van der Waals surface area contributed by atoms with Crippen molar-refractivity contribution in [3.8, 4) is 11.1 Å². The second kappa shape index (κ2) is 10.3. The maximum Gasteiger partial charge on any atom is 0.327 e. The van der Waals surface area contributed by atoms with Crippen LogP contribution < -0.4 is 10.6 Å². The predicted octanol–water partition coefficient (Wildman–Crippen LogP) is 1.89. The third-order valence-electron chi connectivity index (χ3n) is 6.36. The molecule has 1 aliphatic carbocycles. The van der Waals surface area contributed by atoms with Gasteiger partial charge in [0.15, 0.2) is 0 Å². The van der Waals surface area contributed by atoms with Crippen molar-refractivity contribution in [2.24, 2.45) is 0 Å². The second-order valence-electron chi connectivity index (χ2n) is 8.83. The Kier molecular flexibility index (Phi) is 6.82. The van der Waals surface area contributed by atoms with E-state index < -0.39 is 0 Å². The summed E-state index contributed by atoms with van der Waals surface area (Å²) in [5.74, 6) is 0.336. The highest BCUT2D eigenvalue weighted by atomic mass is 16.5. The van der Waals surface area contributed by atoms with E-state index in [9.17, 15) is 4.79 Å². The highest BCUT2D eigenvalue weighted by Crippen LogP contribution is 2.26. The third-order valence-corrected chi connectivity index (χ3v) is 6.36. The molecule has 3 heterocycles. The van der Waals surface area contributed by atoms with Gasteiger partial charge in [-0.3, -0.25) is 14.4 Å². The molecule has 0 saturated carbocycles. The van der Waals surface area contributed by atoms with E-state index in [2.05, 4.69) is 49.8 Å². The lowest BCUT2D eigenvalue weighted by atomic mass is 10.1. The fourth-order valence-corrected chi connectivity index (χ4v) is 4.71. The number of nitrogens with zero attached hydrogens (tertiary/aromatic N) is 5. The number of fused-ring (bicyclic) bond motifs is 1. The zero-order chi connectivity index (χ0) is 23.3. The molecule has 2 N–H and O–H groups in total. The summed E-state index contributed by atoms with van der Waals surface area (Å²) in [4.78, 5) is 23.6. The molecule has 1 aromatic carbocycles. The molecule has 1 fully saturated rings. The summed E-state index contributed by atoms with van der Waals surface area (Å²) in [6.07, 6.45) is 7.54. The molecule has 0 unspecified atom stereocenters. The summed E-state index contributed by atoms with van der Waals surface area (Å²) < 4.78 is 6.76. The third kappa shape index (κ3) is 5.26. The smallest absolute Gasteiger partial charge is 0.327 e. The SMILES string of the molecule is CCOC(=O)Cn1cc(-c2cnc(NC3Cc4ccccc4C3)nc2)c(CN2CCNCC2)n1. The predicted molar refractivity (Wildman–Crippen MR) is 129 cm³/mol. The van der Waals surface area contributed by atoms with Gasteiger partial charge in [-0.25, -0.2) is 9.97 Å².